The number of rotatable bonds is 5. The molecular weight excluding hydrogens is 454 g/mol. The van der Waals surface area contributed by atoms with Crippen LogP contribution in [0.5, 0.6) is 0 Å². The number of nitrogens with one attached hydrogen (secondary N) is 2. The lowest BCUT2D eigenvalue weighted by molar-refractivity contribution is 0.101. The van der Waals surface area contributed by atoms with Crippen LogP contribution in [0.3, 0.4) is 0 Å². The highest BCUT2D eigenvalue weighted by molar-refractivity contribution is 6.04. The summed E-state index contributed by atoms with van der Waals surface area (Å²) in [6, 6.07) is 11.6. The average Bonchev–Trinajstić information content (AvgIpc) is 3.44. The minimum absolute atomic E-state index is 0.156. The molecule has 4 aromatic heterocycles. The minimum Gasteiger partial charge on any atom is -0.384 e. The molecule has 0 saturated carbocycles. The zero-order valence-electron chi connectivity index (χ0n) is 20.0. The van der Waals surface area contributed by atoms with Gasteiger partial charge in [0.1, 0.15) is 17.3 Å². The van der Waals surface area contributed by atoms with Crippen molar-refractivity contribution in [3.63, 3.8) is 0 Å². The fraction of sp³-hybridized carbons (Fsp3) is 0.192. The lowest BCUT2D eigenvalue weighted by atomic mass is 10.1. The lowest BCUT2D eigenvalue weighted by Gasteiger charge is -2.12. The Morgan fingerprint density at radius 2 is 2.03 bits per heavy atom. The summed E-state index contributed by atoms with van der Waals surface area (Å²) < 4.78 is 3.61. The van der Waals surface area contributed by atoms with E-state index in [1.165, 1.54) is 0 Å². The zero-order chi connectivity index (χ0) is 24.8. The van der Waals surface area contributed by atoms with E-state index in [9.17, 15) is 4.79 Å². The fourth-order valence-corrected chi connectivity index (χ4v) is 4.71. The molecule has 0 unspecified atom stereocenters. The smallest absolute Gasteiger partial charge is 0.273 e. The average molecular weight is 480 g/mol. The molecule has 6 rings (SSSR count). The maximum Gasteiger partial charge on any atom is 0.273 e. The number of hydrogen-bond acceptors (Lipinski definition) is 7. The Hall–Kier alpha value is -4.73. The summed E-state index contributed by atoms with van der Waals surface area (Å²) in [5, 5.41) is 16.4. The molecule has 4 N–H and O–H groups in total. The maximum absolute atomic E-state index is 12.6. The van der Waals surface area contributed by atoms with E-state index < -0.39 is 0 Å². The molecule has 0 fully saturated rings. The molecule has 5 aromatic rings. The minimum atomic E-state index is -0.156. The van der Waals surface area contributed by atoms with E-state index in [4.69, 9.17) is 10.8 Å². The first-order chi connectivity index (χ1) is 17.4. The van der Waals surface area contributed by atoms with Gasteiger partial charge in [-0.3, -0.25) is 14.2 Å². The lowest BCUT2D eigenvalue weighted by Crippen LogP contribution is -2.14. The van der Waals surface area contributed by atoms with Gasteiger partial charge in [-0.2, -0.15) is 10.2 Å². The summed E-state index contributed by atoms with van der Waals surface area (Å²) in [5.74, 6) is 1.13. The molecule has 0 radical (unpaired) electrons. The van der Waals surface area contributed by atoms with Crippen molar-refractivity contribution in [1.82, 2.24) is 29.5 Å². The molecule has 1 aliphatic rings. The van der Waals surface area contributed by atoms with E-state index in [2.05, 4.69) is 31.8 Å². The van der Waals surface area contributed by atoms with Crippen molar-refractivity contribution in [3.8, 4) is 0 Å². The molecule has 10 nitrogen and oxygen atoms in total. The molecular formula is C26H25N9O. The molecule has 36 heavy (non-hydrogen) atoms. The van der Waals surface area contributed by atoms with Crippen LogP contribution in [0, 0.1) is 13.8 Å². The van der Waals surface area contributed by atoms with Gasteiger partial charge in [0.2, 0.25) is 0 Å². The van der Waals surface area contributed by atoms with Crippen molar-refractivity contribution >= 4 is 34.1 Å². The van der Waals surface area contributed by atoms with Gasteiger partial charge in [-0.15, -0.1) is 0 Å². The highest BCUT2D eigenvalue weighted by Crippen LogP contribution is 2.26. The highest BCUT2D eigenvalue weighted by Gasteiger charge is 2.20. The van der Waals surface area contributed by atoms with E-state index in [-0.39, 0.29) is 5.91 Å². The Kier molecular flexibility index (Phi) is 5.14. The second kappa shape index (κ2) is 8.49. The van der Waals surface area contributed by atoms with Gasteiger partial charge < -0.3 is 16.4 Å². The maximum atomic E-state index is 12.6. The van der Waals surface area contributed by atoms with Crippen LogP contribution in [0.15, 0.2) is 55.0 Å². The van der Waals surface area contributed by atoms with Crippen molar-refractivity contribution < 1.29 is 4.79 Å². The van der Waals surface area contributed by atoms with Crippen molar-refractivity contribution in [3.05, 3.63) is 88.6 Å². The Labute approximate surface area is 207 Å². The number of carbonyl (C=O) groups excluding carboxylic acids is 1. The van der Waals surface area contributed by atoms with Gasteiger partial charge in [0, 0.05) is 36.5 Å². The van der Waals surface area contributed by atoms with Crippen LogP contribution in [-0.4, -0.2) is 35.4 Å². The number of fused-ring (bicyclic) bond motifs is 3. The van der Waals surface area contributed by atoms with E-state index in [0.29, 0.717) is 31.1 Å². The normalized spacial score (nSPS) is 12.7. The predicted octanol–water partition coefficient (Wildman–Crippen LogP) is 3.50. The van der Waals surface area contributed by atoms with Crippen molar-refractivity contribution in [2.75, 3.05) is 16.4 Å². The van der Waals surface area contributed by atoms with Crippen LogP contribution in [0.4, 0.5) is 17.3 Å². The number of anilines is 3. The summed E-state index contributed by atoms with van der Waals surface area (Å²) in [6.07, 6.45) is 5.39. The van der Waals surface area contributed by atoms with E-state index >= 15 is 0 Å². The molecule has 0 bridgehead atoms. The van der Waals surface area contributed by atoms with Crippen molar-refractivity contribution in [2.45, 2.75) is 33.5 Å². The monoisotopic (exact) mass is 479 g/mol. The fourth-order valence-electron chi connectivity index (χ4n) is 4.71. The third-order valence-electron chi connectivity index (χ3n) is 6.52. The van der Waals surface area contributed by atoms with Crippen molar-refractivity contribution in [2.24, 2.45) is 0 Å². The summed E-state index contributed by atoms with van der Waals surface area (Å²) in [5.41, 5.74) is 13.2. The summed E-state index contributed by atoms with van der Waals surface area (Å²) >= 11 is 0. The highest BCUT2D eigenvalue weighted by atomic mass is 16.2. The van der Waals surface area contributed by atoms with Gasteiger partial charge in [0.15, 0.2) is 0 Å². The largest absolute Gasteiger partial charge is 0.384 e. The molecule has 10 heteroatoms. The number of benzene rings is 1. The van der Waals surface area contributed by atoms with E-state index in [1.807, 2.05) is 49.0 Å². The number of hydrogen-bond donors (Lipinski definition) is 3. The van der Waals surface area contributed by atoms with Crippen molar-refractivity contribution in [1.29, 1.82) is 0 Å². The first-order valence-electron chi connectivity index (χ1n) is 11.7. The second-order valence-electron chi connectivity index (χ2n) is 9.02. The quantitative estimate of drug-likeness (QED) is 0.352. The number of aryl methyl sites for hydroxylation is 2. The van der Waals surface area contributed by atoms with Crippen LogP contribution in [0.1, 0.15) is 38.4 Å². The Balaban J connectivity index is 1.24. The number of nitrogen functional groups attached to an aromatic ring is 1. The molecule has 0 atom stereocenters. The molecule has 1 amide bonds. The van der Waals surface area contributed by atoms with Crippen LogP contribution in [-0.2, 0) is 19.6 Å². The van der Waals surface area contributed by atoms with Gasteiger partial charge in [0.05, 0.1) is 24.0 Å². The molecule has 0 spiro atoms. The van der Waals surface area contributed by atoms with Gasteiger partial charge in [-0.05, 0) is 60.4 Å². The first kappa shape index (κ1) is 21.8. The number of aromatic nitrogens is 6. The Morgan fingerprint density at radius 3 is 2.89 bits per heavy atom. The van der Waals surface area contributed by atoms with Crippen LogP contribution in [0.2, 0.25) is 0 Å². The van der Waals surface area contributed by atoms with E-state index in [0.717, 1.165) is 50.4 Å². The first-order valence-corrected chi connectivity index (χ1v) is 11.7. The number of nitrogens with zero attached hydrogens (tertiary/aromatic N) is 6. The number of carbonyl (C=O) groups is 1. The summed E-state index contributed by atoms with van der Waals surface area (Å²) in [6.45, 7) is 5.69. The van der Waals surface area contributed by atoms with Crippen LogP contribution < -0.4 is 16.4 Å². The van der Waals surface area contributed by atoms with Gasteiger partial charge in [0.25, 0.3) is 5.91 Å². The second-order valence-corrected chi connectivity index (χ2v) is 9.02. The molecule has 1 aliphatic heterocycles. The predicted molar refractivity (Wildman–Crippen MR) is 138 cm³/mol. The molecule has 1 aromatic carbocycles. The van der Waals surface area contributed by atoms with Gasteiger partial charge in [-0.1, -0.05) is 12.1 Å². The molecule has 0 aliphatic carbocycles. The van der Waals surface area contributed by atoms with Crippen LogP contribution >= 0.6 is 0 Å². The van der Waals surface area contributed by atoms with Gasteiger partial charge >= 0.3 is 0 Å². The number of amides is 1. The third-order valence-corrected chi connectivity index (χ3v) is 6.52. The summed E-state index contributed by atoms with van der Waals surface area (Å²) in [7, 11) is 0. The molecule has 0 saturated heterocycles. The summed E-state index contributed by atoms with van der Waals surface area (Å²) in [4.78, 5) is 21.5. The van der Waals surface area contributed by atoms with E-state index in [1.54, 1.807) is 23.1 Å². The molecule has 180 valence electrons. The number of nitrogens with two attached hydrogens (primary N) is 1. The Morgan fingerprint density at radius 1 is 1.14 bits per heavy atom. The number of pyridine rings is 2. The molecule has 5 heterocycles. The topological polar surface area (TPSA) is 129 Å². The Bertz CT molecular complexity index is 1610. The third kappa shape index (κ3) is 3.92. The standard InChI is InChI=1S/C26H25N9O/c1-15-9-24(27)31-16(2)19(15)11-29-25-20-14-34(33-21(20)5-7-28-25)12-17-3-4-18-13-35-23(6-8-30-35)26(36)32-22(18)10-17/h3-10,14H,11-13H2,1-2H3,(H2,27,31)(H,28,29)(H,32,36). The zero-order valence-corrected chi connectivity index (χ0v) is 20.0. The van der Waals surface area contributed by atoms with Gasteiger partial charge in [-0.25, -0.2) is 9.97 Å². The van der Waals surface area contributed by atoms with Crippen LogP contribution in [0.25, 0.3) is 10.9 Å². The SMILES string of the molecule is Cc1cc(N)nc(C)c1CNc1nccc2nn(Cc3ccc4c(c3)NC(=O)c3ccnn3C4)cc12.